The van der Waals surface area contributed by atoms with Crippen LogP contribution in [0.2, 0.25) is 0 Å². The Balaban J connectivity index is 1.53. The van der Waals surface area contributed by atoms with Gasteiger partial charge >= 0.3 is 0 Å². The third kappa shape index (κ3) is 4.64. The normalized spacial score (nSPS) is 22.2. The molecule has 7 nitrogen and oxygen atoms in total. The zero-order chi connectivity index (χ0) is 20.1. The van der Waals surface area contributed by atoms with Crippen molar-refractivity contribution in [2.75, 3.05) is 45.8 Å². The molecule has 0 bridgehead atoms. The molecule has 2 aliphatic rings. The van der Waals surface area contributed by atoms with Crippen LogP contribution in [-0.2, 0) is 4.79 Å². The van der Waals surface area contributed by atoms with Crippen LogP contribution in [0.25, 0.3) is 0 Å². The fourth-order valence-electron chi connectivity index (χ4n) is 4.11. The van der Waals surface area contributed by atoms with E-state index in [4.69, 9.17) is 0 Å². The third-order valence-electron chi connectivity index (χ3n) is 6.00. The zero-order valence-corrected chi connectivity index (χ0v) is 16.9. The smallest absolute Gasteiger partial charge is 0.258 e. The number of carbonyl (C=O) groups excluding carboxylic acids is 2. The number of aromatic hydroxyl groups is 1. The standard InChI is InChI=1S/C21H32N4O3/c1-3-23-11-13-24(14-12-23)16(2)15-22-20(27)18-8-6-10-25(18)21(28)17-7-4-5-9-19(17)26/h4-5,7,9,16,18,26H,3,6,8,10-15H2,1-2H3,(H,22,27). The van der Waals surface area contributed by atoms with Gasteiger partial charge in [0, 0.05) is 45.3 Å². The number of rotatable bonds is 6. The van der Waals surface area contributed by atoms with Crippen molar-refractivity contribution in [2.45, 2.75) is 38.8 Å². The second kappa shape index (κ2) is 9.39. The molecule has 2 amide bonds. The van der Waals surface area contributed by atoms with E-state index in [9.17, 15) is 14.7 Å². The molecule has 2 aliphatic heterocycles. The number of hydrogen-bond donors (Lipinski definition) is 2. The number of benzene rings is 1. The SMILES string of the molecule is CCN1CCN(C(C)CNC(=O)C2CCCN2C(=O)c2ccccc2O)CC1. The molecule has 154 valence electrons. The van der Waals surface area contributed by atoms with E-state index >= 15 is 0 Å². The summed E-state index contributed by atoms with van der Waals surface area (Å²) in [4.78, 5) is 32.0. The van der Waals surface area contributed by atoms with E-state index in [1.807, 2.05) is 0 Å². The Morgan fingerprint density at radius 1 is 1.18 bits per heavy atom. The molecule has 3 rings (SSSR count). The van der Waals surface area contributed by atoms with Crippen LogP contribution < -0.4 is 5.32 Å². The number of piperazine rings is 1. The number of phenols is 1. The van der Waals surface area contributed by atoms with Gasteiger partial charge in [0.05, 0.1) is 5.56 Å². The first-order valence-corrected chi connectivity index (χ1v) is 10.3. The van der Waals surface area contributed by atoms with Gasteiger partial charge in [-0.2, -0.15) is 0 Å². The summed E-state index contributed by atoms with van der Waals surface area (Å²) in [5.74, 6) is -0.418. The maximum atomic E-state index is 12.8. The number of likely N-dealkylation sites (N-methyl/N-ethyl adjacent to an activating group) is 1. The number of likely N-dealkylation sites (tertiary alicyclic amines) is 1. The molecule has 28 heavy (non-hydrogen) atoms. The fraction of sp³-hybridized carbons (Fsp3) is 0.619. The average molecular weight is 389 g/mol. The third-order valence-corrected chi connectivity index (χ3v) is 6.00. The molecule has 0 spiro atoms. The first-order chi connectivity index (χ1) is 13.5. The Hall–Kier alpha value is -2.12. The average Bonchev–Trinajstić information content (AvgIpc) is 3.21. The minimum Gasteiger partial charge on any atom is -0.507 e. The van der Waals surface area contributed by atoms with E-state index in [0.29, 0.717) is 19.5 Å². The molecule has 0 saturated carbocycles. The van der Waals surface area contributed by atoms with E-state index in [0.717, 1.165) is 39.1 Å². The molecule has 2 atom stereocenters. The highest BCUT2D eigenvalue weighted by Crippen LogP contribution is 2.24. The van der Waals surface area contributed by atoms with Crippen LogP contribution in [0.4, 0.5) is 0 Å². The van der Waals surface area contributed by atoms with Crippen molar-refractivity contribution in [3.8, 4) is 5.75 Å². The molecule has 7 heteroatoms. The first-order valence-electron chi connectivity index (χ1n) is 10.3. The molecule has 0 aliphatic carbocycles. The Morgan fingerprint density at radius 3 is 2.57 bits per heavy atom. The van der Waals surface area contributed by atoms with Gasteiger partial charge in [-0.3, -0.25) is 14.5 Å². The van der Waals surface area contributed by atoms with Crippen LogP contribution >= 0.6 is 0 Å². The van der Waals surface area contributed by atoms with Crippen molar-refractivity contribution in [1.82, 2.24) is 20.0 Å². The maximum Gasteiger partial charge on any atom is 0.258 e. The maximum absolute atomic E-state index is 12.8. The van der Waals surface area contributed by atoms with Gasteiger partial charge in [0.1, 0.15) is 11.8 Å². The summed E-state index contributed by atoms with van der Waals surface area (Å²) >= 11 is 0. The Labute approximate surface area is 167 Å². The molecule has 2 saturated heterocycles. The van der Waals surface area contributed by atoms with E-state index < -0.39 is 6.04 Å². The van der Waals surface area contributed by atoms with Crippen molar-refractivity contribution >= 4 is 11.8 Å². The van der Waals surface area contributed by atoms with E-state index in [2.05, 4.69) is 29.0 Å². The first kappa shape index (κ1) is 20.6. The largest absolute Gasteiger partial charge is 0.507 e. The molecule has 1 aromatic rings. The highest BCUT2D eigenvalue weighted by atomic mass is 16.3. The van der Waals surface area contributed by atoms with Gasteiger partial charge in [-0.1, -0.05) is 19.1 Å². The Bertz CT molecular complexity index is 688. The van der Waals surface area contributed by atoms with E-state index in [-0.39, 0.29) is 29.2 Å². The van der Waals surface area contributed by atoms with Crippen LogP contribution in [0.1, 0.15) is 37.0 Å². The van der Waals surface area contributed by atoms with Crippen LogP contribution in [0.3, 0.4) is 0 Å². The topological polar surface area (TPSA) is 76.1 Å². The van der Waals surface area contributed by atoms with Crippen molar-refractivity contribution in [1.29, 1.82) is 0 Å². The summed E-state index contributed by atoms with van der Waals surface area (Å²) in [6.07, 6.45) is 1.46. The number of carbonyl (C=O) groups is 2. The lowest BCUT2D eigenvalue weighted by Gasteiger charge is -2.37. The second-order valence-corrected chi connectivity index (χ2v) is 7.74. The van der Waals surface area contributed by atoms with Gasteiger partial charge in [0.25, 0.3) is 5.91 Å². The summed E-state index contributed by atoms with van der Waals surface area (Å²) in [5.41, 5.74) is 0.254. The lowest BCUT2D eigenvalue weighted by molar-refractivity contribution is -0.125. The number of nitrogens with one attached hydrogen (secondary N) is 1. The summed E-state index contributed by atoms with van der Waals surface area (Å²) in [7, 11) is 0. The predicted octanol–water partition coefficient (Wildman–Crippen LogP) is 1.14. The number of amides is 2. The number of hydrogen-bond acceptors (Lipinski definition) is 5. The van der Waals surface area contributed by atoms with Gasteiger partial charge in [-0.05, 0) is 38.4 Å². The second-order valence-electron chi connectivity index (χ2n) is 7.74. The molecule has 2 fully saturated rings. The van der Waals surface area contributed by atoms with Crippen molar-refractivity contribution in [3.05, 3.63) is 29.8 Å². The molecule has 2 N–H and O–H groups in total. The Morgan fingerprint density at radius 2 is 1.89 bits per heavy atom. The molecule has 1 aromatic carbocycles. The van der Waals surface area contributed by atoms with E-state index in [1.165, 1.54) is 6.07 Å². The molecular formula is C21H32N4O3. The van der Waals surface area contributed by atoms with Gasteiger partial charge in [-0.15, -0.1) is 0 Å². The lowest BCUT2D eigenvalue weighted by Crippen LogP contribution is -2.53. The highest BCUT2D eigenvalue weighted by Gasteiger charge is 2.35. The summed E-state index contributed by atoms with van der Waals surface area (Å²) in [6.45, 7) is 10.7. The lowest BCUT2D eigenvalue weighted by atomic mass is 10.1. The van der Waals surface area contributed by atoms with Crippen molar-refractivity contribution in [3.63, 3.8) is 0 Å². The molecule has 2 unspecified atom stereocenters. The zero-order valence-electron chi connectivity index (χ0n) is 16.9. The minimum atomic E-state index is -0.462. The monoisotopic (exact) mass is 388 g/mol. The van der Waals surface area contributed by atoms with Gasteiger partial charge in [0.2, 0.25) is 5.91 Å². The number of nitrogens with zero attached hydrogens (tertiary/aromatic N) is 3. The van der Waals surface area contributed by atoms with Crippen LogP contribution in [0.15, 0.2) is 24.3 Å². The highest BCUT2D eigenvalue weighted by molar-refractivity contribution is 5.99. The van der Waals surface area contributed by atoms with Crippen LogP contribution in [-0.4, -0.2) is 89.5 Å². The quantitative estimate of drug-likeness (QED) is 0.764. The Kier molecular flexibility index (Phi) is 6.91. The number of para-hydroxylation sites is 1. The summed E-state index contributed by atoms with van der Waals surface area (Å²) < 4.78 is 0. The summed E-state index contributed by atoms with van der Waals surface area (Å²) in [5, 5.41) is 13.0. The predicted molar refractivity (Wildman–Crippen MR) is 108 cm³/mol. The molecule has 0 radical (unpaired) electrons. The van der Waals surface area contributed by atoms with Gasteiger partial charge in [0.15, 0.2) is 0 Å². The van der Waals surface area contributed by atoms with Crippen molar-refractivity contribution < 1.29 is 14.7 Å². The van der Waals surface area contributed by atoms with E-state index in [1.54, 1.807) is 23.1 Å². The number of phenolic OH excluding ortho intramolecular Hbond substituents is 1. The van der Waals surface area contributed by atoms with Crippen LogP contribution in [0.5, 0.6) is 5.75 Å². The minimum absolute atomic E-state index is 0.0431. The van der Waals surface area contributed by atoms with Crippen molar-refractivity contribution in [2.24, 2.45) is 0 Å². The molecule has 2 heterocycles. The van der Waals surface area contributed by atoms with Gasteiger partial charge < -0.3 is 20.2 Å². The fourth-order valence-corrected chi connectivity index (χ4v) is 4.11. The molecular weight excluding hydrogens is 356 g/mol. The van der Waals surface area contributed by atoms with Crippen LogP contribution in [0, 0.1) is 0 Å². The van der Waals surface area contributed by atoms with Gasteiger partial charge in [-0.25, -0.2) is 0 Å². The molecule has 0 aromatic heterocycles. The summed E-state index contributed by atoms with van der Waals surface area (Å²) in [6, 6.07) is 6.31.